The third-order valence-electron chi connectivity index (χ3n) is 4.78. The van der Waals surface area contributed by atoms with E-state index in [0.717, 1.165) is 42.8 Å². The van der Waals surface area contributed by atoms with Crippen LogP contribution >= 0.6 is 11.8 Å². The average Bonchev–Trinajstić information content (AvgIpc) is 2.74. The molecule has 1 atom stereocenters. The first-order valence-corrected chi connectivity index (χ1v) is 10.5. The van der Waals surface area contributed by atoms with Crippen LogP contribution in [0.1, 0.15) is 30.1 Å². The van der Waals surface area contributed by atoms with E-state index in [1.165, 1.54) is 0 Å². The van der Waals surface area contributed by atoms with E-state index in [1.807, 2.05) is 53.4 Å². The largest absolute Gasteiger partial charge is 0.378 e. The number of likely N-dealkylation sites (tertiary alicyclic amines) is 1. The second kappa shape index (κ2) is 10.5. The molecule has 0 bridgehead atoms. The van der Waals surface area contributed by atoms with Crippen LogP contribution in [0.2, 0.25) is 0 Å². The van der Waals surface area contributed by atoms with Gasteiger partial charge in [-0.1, -0.05) is 48.5 Å². The van der Waals surface area contributed by atoms with E-state index in [4.69, 9.17) is 10.5 Å². The SMILES string of the molecule is NCCCOC1CCN(C(=O)C(Sc2ccccc2)c2ccccc2)CC1. The molecule has 1 fully saturated rings. The van der Waals surface area contributed by atoms with Crippen molar-refractivity contribution in [3.63, 3.8) is 0 Å². The van der Waals surface area contributed by atoms with Crippen LogP contribution in [0.25, 0.3) is 0 Å². The molecule has 0 aliphatic carbocycles. The summed E-state index contributed by atoms with van der Waals surface area (Å²) in [5.74, 6) is 0.190. The van der Waals surface area contributed by atoms with Crippen molar-refractivity contribution in [1.29, 1.82) is 0 Å². The van der Waals surface area contributed by atoms with Gasteiger partial charge in [0.2, 0.25) is 5.91 Å². The molecule has 2 aromatic carbocycles. The highest BCUT2D eigenvalue weighted by Crippen LogP contribution is 2.37. The van der Waals surface area contributed by atoms with Crippen molar-refractivity contribution in [3.8, 4) is 0 Å². The minimum absolute atomic E-state index is 0.190. The molecular formula is C22H28N2O2S. The zero-order chi connectivity index (χ0) is 18.9. The van der Waals surface area contributed by atoms with Crippen molar-refractivity contribution in [2.45, 2.75) is 35.5 Å². The summed E-state index contributed by atoms with van der Waals surface area (Å²) in [6.45, 7) is 2.88. The van der Waals surface area contributed by atoms with E-state index in [1.54, 1.807) is 11.8 Å². The Balaban J connectivity index is 1.65. The molecule has 5 heteroatoms. The van der Waals surface area contributed by atoms with Crippen molar-refractivity contribution in [2.24, 2.45) is 5.73 Å². The molecule has 1 saturated heterocycles. The molecule has 0 aromatic heterocycles. The van der Waals surface area contributed by atoms with Crippen molar-refractivity contribution in [2.75, 3.05) is 26.2 Å². The van der Waals surface area contributed by atoms with Gasteiger partial charge in [-0.25, -0.2) is 0 Å². The highest BCUT2D eigenvalue weighted by Gasteiger charge is 2.30. The molecule has 1 unspecified atom stereocenters. The first-order valence-electron chi connectivity index (χ1n) is 9.65. The van der Waals surface area contributed by atoms with Crippen molar-refractivity contribution in [1.82, 2.24) is 4.90 Å². The van der Waals surface area contributed by atoms with E-state index in [9.17, 15) is 4.79 Å². The fraction of sp³-hybridized carbons (Fsp3) is 0.409. The topological polar surface area (TPSA) is 55.6 Å². The van der Waals surface area contributed by atoms with Crippen LogP contribution in [-0.2, 0) is 9.53 Å². The number of amides is 1. The van der Waals surface area contributed by atoms with Crippen LogP contribution < -0.4 is 5.73 Å². The number of ether oxygens (including phenoxy) is 1. The van der Waals surface area contributed by atoms with Gasteiger partial charge in [-0.3, -0.25) is 4.79 Å². The quantitative estimate of drug-likeness (QED) is 0.554. The maximum absolute atomic E-state index is 13.3. The number of carbonyl (C=O) groups is 1. The zero-order valence-corrected chi connectivity index (χ0v) is 16.4. The van der Waals surface area contributed by atoms with Crippen molar-refractivity contribution >= 4 is 17.7 Å². The van der Waals surface area contributed by atoms with Crippen molar-refractivity contribution < 1.29 is 9.53 Å². The number of rotatable bonds is 8. The number of piperidine rings is 1. The molecule has 1 aliphatic rings. The van der Waals surface area contributed by atoms with Gasteiger partial charge in [-0.05, 0) is 43.5 Å². The predicted molar refractivity (Wildman–Crippen MR) is 111 cm³/mol. The number of benzene rings is 2. The fourth-order valence-corrected chi connectivity index (χ4v) is 4.40. The molecule has 4 nitrogen and oxygen atoms in total. The Hall–Kier alpha value is -1.82. The average molecular weight is 385 g/mol. The highest BCUT2D eigenvalue weighted by atomic mass is 32.2. The van der Waals surface area contributed by atoms with Crippen LogP contribution in [0.15, 0.2) is 65.6 Å². The third-order valence-corrected chi connectivity index (χ3v) is 6.03. The Labute approximate surface area is 166 Å². The molecule has 2 aromatic rings. The van der Waals surface area contributed by atoms with Crippen LogP contribution in [-0.4, -0.2) is 43.2 Å². The van der Waals surface area contributed by atoms with Crippen LogP contribution in [0, 0.1) is 0 Å². The second-order valence-electron chi connectivity index (χ2n) is 6.76. The number of thioether (sulfide) groups is 1. The van der Waals surface area contributed by atoms with Crippen LogP contribution in [0.3, 0.4) is 0 Å². The molecule has 2 N–H and O–H groups in total. The normalized spacial score (nSPS) is 16.3. The summed E-state index contributed by atoms with van der Waals surface area (Å²) >= 11 is 1.62. The van der Waals surface area contributed by atoms with E-state index in [2.05, 4.69) is 12.1 Å². The Morgan fingerprint density at radius 1 is 1.07 bits per heavy atom. The Morgan fingerprint density at radius 3 is 2.33 bits per heavy atom. The molecular weight excluding hydrogens is 356 g/mol. The summed E-state index contributed by atoms with van der Waals surface area (Å²) in [7, 11) is 0. The molecule has 27 heavy (non-hydrogen) atoms. The van der Waals surface area contributed by atoms with Crippen LogP contribution in [0.4, 0.5) is 0 Å². The standard InChI is InChI=1S/C22H28N2O2S/c23-14-7-17-26-19-12-15-24(16-13-19)22(25)21(18-8-3-1-4-9-18)27-20-10-5-2-6-11-20/h1-6,8-11,19,21H,7,12-17,23H2. The lowest BCUT2D eigenvalue weighted by Gasteiger charge is -2.34. The third kappa shape index (κ3) is 5.83. The van der Waals surface area contributed by atoms with E-state index in [0.29, 0.717) is 13.2 Å². The van der Waals surface area contributed by atoms with Crippen LogP contribution in [0.5, 0.6) is 0 Å². The smallest absolute Gasteiger partial charge is 0.240 e. The lowest BCUT2D eigenvalue weighted by molar-refractivity contribution is -0.133. The Morgan fingerprint density at radius 2 is 1.70 bits per heavy atom. The summed E-state index contributed by atoms with van der Waals surface area (Å²) in [5.41, 5.74) is 6.58. The van der Waals surface area contributed by atoms with Crippen molar-refractivity contribution in [3.05, 3.63) is 66.2 Å². The Kier molecular flexibility index (Phi) is 7.75. The lowest BCUT2D eigenvalue weighted by Crippen LogP contribution is -2.42. The minimum atomic E-state index is -0.219. The molecule has 1 aliphatic heterocycles. The number of nitrogens with zero attached hydrogens (tertiary/aromatic N) is 1. The molecule has 144 valence electrons. The summed E-state index contributed by atoms with van der Waals surface area (Å²) in [4.78, 5) is 16.4. The maximum atomic E-state index is 13.3. The molecule has 0 radical (unpaired) electrons. The molecule has 0 spiro atoms. The summed E-state index contributed by atoms with van der Waals surface area (Å²) < 4.78 is 5.87. The number of carbonyl (C=O) groups excluding carboxylic acids is 1. The van der Waals surface area contributed by atoms with Gasteiger partial charge < -0.3 is 15.4 Å². The second-order valence-corrected chi connectivity index (χ2v) is 7.94. The lowest BCUT2D eigenvalue weighted by atomic mass is 10.1. The highest BCUT2D eigenvalue weighted by molar-refractivity contribution is 8.00. The number of hydrogen-bond acceptors (Lipinski definition) is 4. The van der Waals surface area contributed by atoms with Gasteiger partial charge in [-0.15, -0.1) is 11.8 Å². The predicted octanol–water partition coefficient (Wildman–Crippen LogP) is 3.88. The monoisotopic (exact) mass is 384 g/mol. The van der Waals surface area contributed by atoms with E-state index < -0.39 is 0 Å². The summed E-state index contributed by atoms with van der Waals surface area (Å²) in [5, 5.41) is -0.219. The van der Waals surface area contributed by atoms with Gasteiger partial charge in [-0.2, -0.15) is 0 Å². The first-order chi connectivity index (χ1) is 13.3. The van der Waals surface area contributed by atoms with E-state index in [-0.39, 0.29) is 17.3 Å². The zero-order valence-electron chi connectivity index (χ0n) is 15.6. The van der Waals surface area contributed by atoms with Gasteiger partial charge in [0, 0.05) is 24.6 Å². The number of nitrogens with two attached hydrogens (primary N) is 1. The number of hydrogen-bond donors (Lipinski definition) is 1. The Bertz CT molecular complexity index is 688. The molecule has 1 heterocycles. The first kappa shape index (κ1) is 19.9. The van der Waals surface area contributed by atoms with E-state index >= 15 is 0 Å². The molecule has 1 amide bonds. The van der Waals surface area contributed by atoms with Gasteiger partial charge in [0.15, 0.2) is 0 Å². The minimum Gasteiger partial charge on any atom is -0.378 e. The molecule has 0 saturated carbocycles. The van der Waals surface area contributed by atoms with Gasteiger partial charge >= 0.3 is 0 Å². The summed E-state index contributed by atoms with van der Waals surface area (Å²) in [6.07, 6.45) is 2.93. The molecule has 3 rings (SSSR count). The van der Waals surface area contributed by atoms with Gasteiger partial charge in [0.05, 0.1) is 6.10 Å². The fourth-order valence-electron chi connectivity index (χ4n) is 3.27. The summed E-state index contributed by atoms with van der Waals surface area (Å²) in [6, 6.07) is 20.2. The maximum Gasteiger partial charge on any atom is 0.240 e. The van der Waals surface area contributed by atoms with Gasteiger partial charge in [0.25, 0.3) is 0 Å². The van der Waals surface area contributed by atoms with Gasteiger partial charge in [0.1, 0.15) is 5.25 Å².